The van der Waals surface area contributed by atoms with Crippen LogP contribution in [-0.4, -0.2) is 5.97 Å². The summed E-state index contributed by atoms with van der Waals surface area (Å²) in [5.74, 6) is -0.451. The van der Waals surface area contributed by atoms with Crippen molar-refractivity contribution in [2.45, 2.75) is 6.54 Å². The zero-order valence-electron chi connectivity index (χ0n) is 13.2. The highest BCUT2D eigenvalue weighted by Crippen LogP contribution is 2.24. The molecule has 0 amide bonds. The minimum absolute atomic E-state index is 0.305. The van der Waals surface area contributed by atoms with Gasteiger partial charge in [-0.3, -0.25) is 0 Å². The molecule has 1 N–H and O–H groups in total. The first-order valence-corrected chi connectivity index (χ1v) is 8.42. The molecule has 0 bridgehead atoms. The fourth-order valence-electron chi connectivity index (χ4n) is 2.48. The van der Waals surface area contributed by atoms with Crippen molar-refractivity contribution in [2.24, 2.45) is 0 Å². The summed E-state index contributed by atoms with van der Waals surface area (Å²) in [5.41, 5.74) is 5.75. The van der Waals surface area contributed by atoms with Gasteiger partial charge in [-0.25, -0.2) is 4.79 Å². The smallest absolute Gasteiger partial charge is 0.357 e. The number of nitrogens with one attached hydrogen (secondary N) is 1. The lowest BCUT2D eigenvalue weighted by Crippen LogP contribution is -2.20. The maximum atomic E-state index is 12.4. The van der Waals surface area contributed by atoms with Gasteiger partial charge in [0.15, 0.2) is 0 Å². The van der Waals surface area contributed by atoms with Gasteiger partial charge in [0.1, 0.15) is 0 Å². The molecule has 3 aromatic carbocycles. The van der Waals surface area contributed by atoms with Crippen LogP contribution in [0.5, 0.6) is 0 Å². The van der Waals surface area contributed by atoms with Crippen LogP contribution in [0.3, 0.4) is 0 Å². The van der Waals surface area contributed by atoms with E-state index in [9.17, 15) is 4.79 Å². The highest BCUT2D eigenvalue weighted by Gasteiger charge is 2.13. The zero-order valence-corrected chi connectivity index (χ0v) is 14.7. The molecule has 3 nitrogen and oxygen atoms in total. The van der Waals surface area contributed by atoms with Crippen molar-refractivity contribution in [1.29, 1.82) is 0 Å². The number of rotatable bonds is 5. The summed E-state index contributed by atoms with van der Waals surface area (Å²) in [5, 5.41) is 1.06. The van der Waals surface area contributed by atoms with E-state index in [-0.39, 0.29) is 0 Å². The van der Waals surface area contributed by atoms with Gasteiger partial charge in [-0.2, -0.15) is 0 Å². The molecule has 126 valence electrons. The number of hydrogen-bond acceptors (Lipinski definition) is 3. The highest BCUT2D eigenvalue weighted by molar-refractivity contribution is 6.34. The summed E-state index contributed by atoms with van der Waals surface area (Å²) in [6.45, 7) is 0.305. The number of carbonyl (C=O) groups is 1. The van der Waals surface area contributed by atoms with E-state index in [1.165, 1.54) is 0 Å². The zero-order chi connectivity index (χ0) is 17.6. The summed E-state index contributed by atoms with van der Waals surface area (Å²) < 4.78 is 0. The Morgan fingerprint density at radius 3 is 2.24 bits per heavy atom. The van der Waals surface area contributed by atoms with Crippen molar-refractivity contribution in [1.82, 2.24) is 5.48 Å². The number of hydrogen-bond donors (Lipinski definition) is 1. The Bertz CT molecular complexity index is 862. The van der Waals surface area contributed by atoms with Gasteiger partial charge in [0, 0.05) is 10.0 Å². The number of hydroxylamine groups is 1. The van der Waals surface area contributed by atoms with E-state index in [2.05, 4.69) is 5.48 Å². The van der Waals surface area contributed by atoms with Crippen LogP contribution in [0, 0.1) is 0 Å². The molecule has 5 heteroatoms. The Morgan fingerprint density at radius 2 is 1.52 bits per heavy atom. The third-order valence-corrected chi connectivity index (χ3v) is 4.03. The van der Waals surface area contributed by atoms with Crippen LogP contribution in [0.15, 0.2) is 72.8 Å². The first kappa shape index (κ1) is 17.5. The SMILES string of the molecule is O=C(ONCc1cc(Cl)cc(Cl)c1)c1ccccc1-c1ccccc1. The van der Waals surface area contributed by atoms with Gasteiger partial charge in [0.2, 0.25) is 0 Å². The minimum atomic E-state index is -0.451. The topological polar surface area (TPSA) is 38.3 Å². The molecule has 0 unspecified atom stereocenters. The molecule has 0 aliphatic heterocycles. The van der Waals surface area contributed by atoms with E-state index in [4.69, 9.17) is 28.0 Å². The lowest BCUT2D eigenvalue weighted by Gasteiger charge is -2.10. The molecule has 0 spiro atoms. The van der Waals surface area contributed by atoms with E-state index in [1.54, 1.807) is 30.3 Å². The van der Waals surface area contributed by atoms with Crippen LogP contribution in [-0.2, 0) is 11.4 Å². The fraction of sp³-hybridized carbons (Fsp3) is 0.0500. The van der Waals surface area contributed by atoms with Crippen molar-refractivity contribution < 1.29 is 9.63 Å². The normalized spacial score (nSPS) is 10.5. The summed E-state index contributed by atoms with van der Waals surface area (Å²) in [7, 11) is 0. The van der Waals surface area contributed by atoms with Crippen LogP contribution in [0.25, 0.3) is 11.1 Å². The molecule has 0 heterocycles. The molecule has 25 heavy (non-hydrogen) atoms. The summed E-state index contributed by atoms with van der Waals surface area (Å²) in [6, 6.07) is 22.2. The molecular formula is C20H15Cl2NO2. The van der Waals surface area contributed by atoms with Crippen LogP contribution < -0.4 is 5.48 Å². The molecule has 3 rings (SSSR count). The standard InChI is InChI=1S/C20H15Cl2NO2/c21-16-10-14(11-17(22)12-16)13-23-25-20(24)19-9-5-4-8-18(19)15-6-2-1-3-7-15/h1-12,23H,13H2. The minimum Gasteiger partial charge on any atom is -0.366 e. The quantitative estimate of drug-likeness (QED) is 0.599. The van der Waals surface area contributed by atoms with Gasteiger partial charge in [0.05, 0.1) is 12.1 Å². The molecule has 0 atom stereocenters. The first-order chi connectivity index (χ1) is 12.1. The van der Waals surface area contributed by atoms with Gasteiger partial charge < -0.3 is 4.84 Å². The van der Waals surface area contributed by atoms with Crippen molar-refractivity contribution in [3.05, 3.63) is 94.0 Å². The van der Waals surface area contributed by atoms with Crippen LogP contribution in [0.2, 0.25) is 10.0 Å². The average molecular weight is 372 g/mol. The number of benzene rings is 3. The van der Waals surface area contributed by atoms with Crippen LogP contribution >= 0.6 is 23.2 Å². The van der Waals surface area contributed by atoms with Crippen LogP contribution in [0.4, 0.5) is 0 Å². The molecule has 0 aliphatic rings. The lowest BCUT2D eigenvalue weighted by atomic mass is 10.00. The van der Waals surface area contributed by atoms with E-state index in [1.807, 2.05) is 42.5 Å². The monoisotopic (exact) mass is 371 g/mol. The highest BCUT2D eigenvalue weighted by atomic mass is 35.5. The predicted octanol–water partition coefficient (Wildman–Crippen LogP) is 5.52. The molecule has 0 fully saturated rings. The van der Waals surface area contributed by atoms with Crippen molar-refractivity contribution >= 4 is 29.2 Å². The van der Waals surface area contributed by atoms with Crippen molar-refractivity contribution in [3.8, 4) is 11.1 Å². The molecule has 0 radical (unpaired) electrons. The molecule has 0 aromatic heterocycles. The Balaban J connectivity index is 1.70. The third-order valence-electron chi connectivity index (χ3n) is 3.60. The second kappa shape index (κ2) is 8.17. The van der Waals surface area contributed by atoms with E-state index in [0.717, 1.165) is 16.7 Å². The first-order valence-electron chi connectivity index (χ1n) is 7.67. The molecule has 0 saturated heterocycles. The maximum Gasteiger partial charge on any atom is 0.357 e. The van der Waals surface area contributed by atoms with Gasteiger partial charge >= 0.3 is 5.97 Å². The Hall–Kier alpha value is -2.33. The largest absolute Gasteiger partial charge is 0.366 e. The van der Waals surface area contributed by atoms with Gasteiger partial charge in [-0.1, -0.05) is 71.7 Å². The Labute approximate surface area is 156 Å². The van der Waals surface area contributed by atoms with Gasteiger partial charge in [0.25, 0.3) is 0 Å². The van der Waals surface area contributed by atoms with Crippen molar-refractivity contribution in [2.75, 3.05) is 0 Å². The molecule has 0 aliphatic carbocycles. The number of carbonyl (C=O) groups excluding carboxylic acids is 1. The summed E-state index contributed by atoms with van der Waals surface area (Å²) in [4.78, 5) is 17.6. The second-order valence-corrected chi connectivity index (χ2v) is 6.27. The van der Waals surface area contributed by atoms with E-state index in [0.29, 0.717) is 22.2 Å². The van der Waals surface area contributed by atoms with E-state index >= 15 is 0 Å². The average Bonchev–Trinajstić information content (AvgIpc) is 2.61. The Kier molecular flexibility index (Phi) is 5.71. The number of halogens is 2. The maximum absolute atomic E-state index is 12.4. The summed E-state index contributed by atoms with van der Waals surface area (Å²) in [6.07, 6.45) is 0. The molecule has 3 aromatic rings. The summed E-state index contributed by atoms with van der Waals surface area (Å²) >= 11 is 11.9. The van der Waals surface area contributed by atoms with Crippen molar-refractivity contribution in [3.63, 3.8) is 0 Å². The third kappa shape index (κ3) is 4.60. The molecule has 0 saturated carbocycles. The van der Waals surface area contributed by atoms with E-state index < -0.39 is 5.97 Å². The Morgan fingerprint density at radius 1 is 0.880 bits per heavy atom. The lowest BCUT2D eigenvalue weighted by molar-refractivity contribution is 0.0238. The second-order valence-electron chi connectivity index (χ2n) is 5.40. The van der Waals surface area contributed by atoms with Gasteiger partial charge in [-0.05, 0) is 41.0 Å². The fourth-order valence-corrected chi connectivity index (χ4v) is 3.05. The van der Waals surface area contributed by atoms with Crippen LogP contribution in [0.1, 0.15) is 15.9 Å². The van der Waals surface area contributed by atoms with Gasteiger partial charge in [-0.15, -0.1) is 5.48 Å². The molecular weight excluding hydrogens is 357 g/mol. The predicted molar refractivity (Wildman–Crippen MR) is 101 cm³/mol.